The van der Waals surface area contributed by atoms with Gasteiger partial charge in [-0.1, -0.05) is 54.9 Å². The van der Waals surface area contributed by atoms with Crippen molar-refractivity contribution in [2.24, 2.45) is 16.7 Å². The average molecular weight is 296 g/mol. The molecular weight excluding hydrogens is 260 g/mol. The smallest absolute Gasteiger partial charge is 0.228 e. The van der Waals surface area contributed by atoms with E-state index >= 15 is 0 Å². The van der Waals surface area contributed by atoms with Crippen molar-refractivity contribution >= 4 is 5.91 Å². The zero-order chi connectivity index (χ0) is 16.3. The van der Waals surface area contributed by atoms with Crippen LogP contribution in [0.5, 0.6) is 0 Å². The SMILES string of the molecule is CCCC1CC(NCC(C)(C)C)CN(C(=O)C(C)(C)C)C1. The van der Waals surface area contributed by atoms with Gasteiger partial charge in [-0.05, 0) is 24.2 Å². The maximum atomic E-state index is 12.6. The van der Waals surface area contributed by atoms with Gasteiger partial charge >= 0.3 is 0 Å². The highest BCUT2D eigenvalue weighted by Crippen LogP contribution is 2.26. The van der Waals surface area contributed by atoms with Gasteiger partial charge in [0.1, 0.15) is 0 Å². The zero-order valence-electron chi connectivity index (χ0n) is 15.3. The number of hydrogen-bond acceptors (Lipinski definition) is 2. The molecular formula is C18H36N2O. The van der Waals surface area contributed by atoms with E-state index in [0.29, 0.717) is 17.9 Å². The lowest BCUT2D eigenvalue weighted by Gasteiger charge is -2.41. The van der Waals surface area contributed by atoms with Crippen LogP contribution in [0, 0.1) is 16.7 Å². The second kappa shape index (κ2) is 7.13. The highest BCUT2D eigenvalue weighted by atomic mass is 16.2. The van der Waals surface area contributed by atoms with Crippen LogP contribution in [-0.2, 0) is 4.79 Å². The van der Waals surface area contributed by atoms with E-state index in [0.717, 1.165) is 19.6 Å². The van der Waals surface area contributed by atoms with Gasteiger partial charge in [0.05, 0.1) is 0 Å². The number of piperidine rings is 1. The molecule has 1 aliphatic rings. The fourth-order valence-electron chi connectivity index (χ4n) is 3.06. The number of nitrogens with one attached hydrogen (secondary N) is 1. The van der Waals surface area contributed by atoms with E-state index in [1.807, 2.05) is 20.8 Å². The van der Waals surface area contributed by atoms with Crippen LogP contribution in [0.15, 0.2) is 0 Å². The van der Waals surface area contributed by atoms with Crippen molar-refractivity contribution in [2.45, 2.75) is 73.8 Å². The second-order valence-corrected chi connectivity index (χ2v) is 8.99. The maximum absolute atomic E-state index is 12.6. The molecule has 0 aromatic heterocycles. The lowest BCUT2D eigenvalue weighted by Crippen LogP contribution is -2.54. The molecule has 1 fully saturated rings. The molecule has 1 heterocycles. The molecule has 1 amide bonds. The van der Waals surface area contributed by atoms with Crippen molar-refractivity contribution < 1.29 is 4.79 Å². The molecule has 2 unspecified atom stereocenters. The van der Waals surface area contributed by atoms with Crippen LogP contribution in [0.1, 0.15) is 67.7 Å². The Balaban J connectivity index is 2.70. The minimum atomic E-state index is -0.275. The number of carbonyl (C=O) groups excluding carboxylic acids is 1. The van der Waals surface area contributed by atoms with Crippen molar-refractivity contribution in [1.82, 2.24) is 10.2 Å². The predicted molar refractivity (Wildman–Crippen MR) is 90.3 cm³/mol. The summed E-state index contributed by atoms with van der Waals surface area (Å²) in [5, 5.41) is 3.69. The number of nitrogens with zero attached hydrogens (tertiary/aromatic N) is 1. The van der Waals surface area contributed by atoms with Gasteiger partial charge in [-0.3, -0.25) is 4.79 Å². The van der Waals surface area contributed by atoms with E-state index in [2.05, 4.69) is 37.9 Å². The summed E-state index contributed by atoms with van der Waals surface area (Å²) in [6, 6.07) is 0.445. The van der Waals surface area contributed by atoms with E-state index in [9.17, 15) is 4.79 Å². The fraction of sp³-hybridized carbons (Fsp3) is 0.944. The minimum Gasteiger partial charge on any atom is -0.340 e. The number of likely N-dealkylation sites (tertiary alicyclic amines) is 1. The van der Waals surface area contributed by atoms with Gasteiger partial charge in [-0.25, -0.2) is 0 Å². The first-order chi connectivity index (χ1) is 9.53. The van der Waals surface area contributed by atoms with Crippen LogP contribution in [0.2, 0.25) is 0 Å². The van der Waals surface area contributed by atoms with Crippen LogP contribution in [-0.4, -0.2) is 36.5 Å². The highest BCUT2D eigenvalue weighted by molar-refractivity contribution is 5.81. The number of amides is 1. The number of carbonyl (C=O) groups is 1. The van der Waals surface area contributed by atoms with E-state index in [1.165, 1.54) is 19.3 Å². The van der Waals surface area contributed by atoms with Crippen molar-refractivity contribution in [3.8, 4) is 0 Å². The molecule has 3 nitrogen and oxygen atoms in total. The van der Waals surface area contributed by atoms with Crippen LogP contribution >= 0.6 is 0 Å². The largest absolute Gasteiger partial charge is 0.340 e. The monoisotopic (exact) mass is 296 g/mol. The standard InChI is InChI=1S/C18H36N2O/c1-8-9-14-10-15(19-13-17(2,3)4)12-20(11-14)16(21)18(5,6)7/h14-15,19H,8-13H2,1-7H3. The zero-order valence-corrected chi connectivity index (χ0v) is 15.3. The van der Waals surface area contributed by atoms with Crippen LogP contribution in [0.25, 0.3) is 0 Å². The molecule has 0 radical (unpaired) electrons. The number of hydrogen-bond donors (Lipinski definition) is 1. The van der Waals surface area contributed by atoms with Gasteiger partial charge < -0.3 is 10.2 Å². The van der Waals surface area contributed by atoms with Gasteiger partial charge in [0.25, 0.3) is 0 Å². The van der Waals surface area contributed by atoms with Gasteiger partial charge in [-0.2, -0.15) is 0 Å². The van der Waals surface area contributed by atoms with Crippen molar-refractivity contribution in [2.75, 3.05) is 19.6 Å². The quantitative estimate of drug-likeness (QED) is 0.858. The Labute approximate surface area is 131 Å². The molecule has 124 valence electrons. The third-order valence-corrected chi connectivity index (χ3v) is 4.08. The van der Waals surface area contributed by atoms with Crippen molar-refractivity contribution in [1.29, 1.82) is 0 Å². The summed E-state index contributed by atoms with van der Waals surface area (Å²) < 4.78 is 0. The number of rotatable bonds is 4. The van der Waals surface area contributed by atoms with Crippen LogP contribution in [0.4, 0.5) is 0 Å². The Kier molecular flexibility index (Phi) is 6.27. The molecule has 0 bridgehead atoms. The molecule has 1 N–H and O–H groups in total. The Bertz CT molecular complexity index is 338. The summed E-state index contributed by atoms with van der Waals surface area (Å²) >= 11 is 0. The minimum absolute atomic E-state index is 0.275. The predicted octanol–water partition coefficient (Wildman–Crippen LogP) is 3.69. The molecule has 21 heavy (non-hydrogen) atoms. The molecule has 3 heteroatoms. The Morgan fingerprint density at radius 2 is 1.76 bits per heavy atom. The first-order valence-corrected chi connectivity index (χ1v) is 8.55. The third-order valence-electron chi connectivity index (χ3n) is 4.08. The van der Waals surface area contributed by atoms with E-state index in [-0.39, 0.29) is 10.8 Å². The summed E-state index contributed by atoms with van der Waals surface area (Å²) in [7, 11) is 0. The molecule has 0 aromatic rings. The molecule has 2 atom stereocenters. The molecule has 0 saturated carbocycles. The summed E-state index contributed by atoms with van der Waals surface area (Å²) in [6.45, 7) is 17.9. The van der Waals surface area contributed by atoms with Crippen LogP contribution < -0.4 is 5.32 Å². The van der Waals surface area contributed by atoms with Gasteiger partial charge in [0.15, 0.2) is 0 Å². The summed E-state index contributed by atoms with van der Waals surface area (Å²) in [5.74, 6) is 0.943. The van der Waals surface area contributed by atoms with Gasteiger partial charge in [0, 0.05) is 31.1 Å². The van der Waals surface area contributed by atoms with E-state index in [1.54, 1.807) is 0 Å². The molecule has 1 aliphatic heterocycles. The Morgan fingerprint density at radius 1 is 1.14 bits per heavy atom. The van der Waals surface area contributed by atoms with Crippen molar-refractivity contribution in [3.05, 3.63) is 0 Å². The van der Waals surface area contributed by atoms with Crippen LogP contribution in [0.3, 0.4) is 0 Å². The maximum Gasteiger partial charge on any atom is 0.228 e. The Hall–Kier alpha value is -0.570. The van der Waals surface area contributed by atoms with Gasteiger partial charge in [0.2, 0.25) is 5.91 Å². The summed E-state index contributed by atoms with van der Waals surface area (Å²) in [6.07, 6.45) is 3.63. The normalized spacial score (nSPS) is 24.2. The Morgan fingerprint density at radius 3 is 2.24 bits per heavy atom. The molecule has 0 aliphatic carbocycles. The second-order valence-electron chi connectivity index (χ2n) is 8.99. The molecule has 1 rings (SSSR count). The highest BCUT2D eigenvalue weighted by Gasteiger charge is 2.34. The molecule has 1 saturated heterocycles. The first-order valence-electron chi connectivity index (χ1n) is 8.55. The molecule has 0 spiro atoms. The van der Waals surface area contributed by atoms with E-state index < -0.39 is 0 Å². The van der Waals surface area contributed by atoms with Gasteiger partial charge in [-0.15, -0.1) is 0 Å². The lowest BCUT2D eigenvalue weighted by atomic mass is 9.87. The topological polar surface area (TPSA) is 32.3 Å². The van der Waals surface area contributed by atoms with Crippen molar-refractivity contribution in [3.63, 3.8) is 0 Å². The average Bonchev–Trinajstić information content (AvgIpc) is 2.33. The first kappa shape index (κ1) is 18.5. The lowest BCUT2D eigenvalue weighted by molar-refractivity contribution is -0.142. The summed E-state index contributed by atoms with van der Waals surface area (Å²) in [4.78, 5) is 14.7. The van der Waals surface area contributed by atoms with E-state index in [4.69, 9.17) is 0 Å². The molecule has 0 aromatic carbocycles. The fourth-order valence-corrected chi connectivity index (χ4v) is 3.06. The summed E-state index contributed by atoms with van der Waals surface area (Å²) in [5.41, 5.74) is 0.0131. The third kappa shape index (κ3) is 6.37.